The van der Waals surface area contributed by atoms with Crippen LogP contribution in [0.25, 0.3) is 5.69 Å². The van der Waals surface area contributed by atoms with Gasteiger partial charge in [0, 0.05) is 22.6 Å². The lowest BCUT2D eigenvalue weighted by Crippen LogP contribution is -2.27. The number of carbonyl (C=O) groups is 1. The molecule has 1 aliphatic rings. The average Bonchev–Trinajstić information content (AvgIpc) is 3.15. The number of Topliss-reactive ketones (excluding diaryl/α,β-unsaturated/α-hetero) is 1. The van der Waals surface area contributed by atoms with Crippen LogP contribution >= 0.6 is 0 Å². The quantitative estimate of drug-likeness (QED) is 0.741. The van der Waals surface area contributed by atoms with E-state index in [0.29, 0.717) is 17.8 Å². The molecule has 0 bridgehead atoms. The summed E-state index contributed by atoms with van der Waals surface area (Å²) in [6.07, 6.45) is -2.47. The molecule has 4 nitrogen and oxygen atoms in total. The summed E-state index contributed by atoms with van der Waals surface area (Å²) in [7, 11) is 0. The molecule has 0 N–H and O–H groups in total. The highest BCUT2D eigenvalue weighted by molar-refractivity contribution is 5.99. The lowest BCUT2D eigenvalue weighted by molar-refractivity contribution is -0.274. The van der Waals surface area contributed by atoms with Gasteiger partial charge in [-0.1, -0.05) is 0 Å². The van der Waals surface area contributed by atoms with Gasteiger partial charge in [-0.2, -0.15) is 0 Å². The molecule has 0 unspecified atom stereocenters. The molecule has 0 radical (unpaired) electrons. The first-order chi connectivity index (χ1) is 12.2. The molecule has 1 aromatic carbocycles. The highest BCUT2D eigenvalue weighted by Crippen LogP contribution is 2.26. The minimum absolute atomic E-state index is 0.0725. The molecule has 3 rings (SSSR count). The highest BCUT2D eigenvalue weighted by Gasteiger charge is 2.31. The number of hydrogen-bond donors (Lipinski definition) is 0. The Morgan fingerprint density at radius 1 is 1.12 bits per heavy atom. The number of ether oxygens (including phenoxy) is 1. The van der Waals surface area contributed by atoms with Crippen molar-refractivity contribution in [3.05, 3.63) is 47.3 Å². The molecule has 0 spiro atoms. The first-order valence-corrected chi connectivity index (χ1v) is 8.55. The molecule has 26 heavy (non-hydrogen) atoms. The number of ketones is 1. The minimum atomic E-state index is -4.71. The maximum absolute atomic E-state index is 12.6. The largest absolute Gasteiger partial charge is 0.573 e. The van der Waals surface area contributed by atoms with Gasteiger partial charge in [0.15, 0.2) is 5.78 Å². The number of aromatic nitrogens is 1. The van der Waals surface area contributed by atoms with E-state index in [0.717, 1.165) is 37.3 Å². The SMILES string of the molecule is Cc1cc(C(=O)CN2CCCC2)c(C)n1-c1ccc(OC(F)(F)F)cc1. The van der Waals surface area contributed by atoms with Crippen LogP contribution in [0.15, 0.2) is 30.3 Å². The summed E-state index contributed by atoms with van der Waals surface area (Å²) in [6, 6.07) is 7.49. The van der Waals surface area contributed by atoms with Gasteiger partial charge in [-0.3, -0.25) is 9.69 Å². The molecule has 2 aromatic rings. The van der Waals surface area contributed by atoms with Crippen molar-refractivity contribution in [1.82, 2.24) is 9.47 Å². The van der Waals surface area contributed by atoms with Gasteiger partial charge in [-0.25, -0.2) is 0 Å². The predicted octanol–water partition coefficient (Wildman–Crippen LogP) is 4.27. The molecule has 0 atom stereocenters. The number of halogens is 3. The van der Waals surface area contributed by atoms with Crippen LogP contribution in [0.1, 0.15) is 34.6 Å². The Morgan fingerprint density at radius 3 is 2.31 bits per heavy atom. The van der Waals surface area contributed by atoms with Gasteiger partial charge in [-0.15, -0.1) is 13.2 Å². The van der Waals surface area contributed by atoms with E-state index in [9.17, 15) is 18.0 Å². The number of rotatable bonds is 5. The summed E-state index contributed by atoms with van der Waals surface area (Å²) >= 11 is 0. The Hall–Kier alpha value is -2.28. The summed E-state index contributed by atoms with van der Waals surface area (Å²) in [5, 5.41) is 0. The molecule has 2 heterocycles. The molecule has 1 aliphatic heterocycles. The van der Waals surface area contributed by atoms with Crippen LogP contribution in [0.2, 0.25) is 0 Å². The van der Waals surface area contributed by atoms with E-state index in [-0.39, 0.29) is 11.5 Å². The second kappa shape index (κ2) is 7.15. The molecular formula is C19H21F3N2O2. The number of nitrogens with zero attached hydrogens (tertiary/aromatic N) is 2. The van der Waals surface area contributed by atoms with Crippen molar-refractivity contribution in [2.24, 2.45) is 0 Å². The predicted molar refractivity (Wildman–Crippen MR) is 91.9 cm³/mol. The molecule has 0 amide bonds. The number of hydrogen-bond acceptors (Lipinski definition) is 3. The molecule has 1 fully saturated rings. The number of aryl methyl sites for hydroxylation is 1. The number of carbonyl (C=O) groups excluding carboxylic acids is 1. The maximum Gasteiger partial charge on any atom is 0.573 e. The van der Waals surface area contributed by atoms with Crippen LogP contribution in [0, 0.1) is 13.8 Å². The zero-order valence-electron chi connectivity index (χ0n) is 14.8. The molecule has 140 valence electrons. The number of benzene rings is 1. The van der Waals surface area contributed by atoms with E-state index in [1.165, 1.54) is 12.1 Å². The van der Waals surface area contributed by atoms with Crippen molar-refractivity contribution in [2.75, 3.05) is 19.6 Å². The maximum atomic E-state index is 12.6. The monoisotopic (exact) mass is 366 g/mol. The van der Waals surface area contributed by atoms with Gasteiger partial charge in [0.05, 0.1) is 6.54 Å². The summed E-state index contributed by atoms with van der Waals surface area (Å²) in [5.74, 6) is -0.197. The lowest BCUT2D eigenvalue weighted by atomic mass is 10.1. The zero-order chi connectivity index (χ0) is 18.9. The first-order valence-electron chi connectivity index (χ1n) is 8.55. The first kappa shape index (κ1) is 18.5. The van der Waals surface area contributed by atoms with Gasteiger partial charge >= 0.3 is 6.36 Å². The van der Waals surface area contributed by atoms with Crippen molar-refractivity contribution < 1.29 is 22.7 Å². The normalized spacial score (nSPS) is 15.4. The fourth-order valence-corrected chi connectivity index (χ4v) is 3.47. The summed E-state index contributed by atoms with van der Waals surface area (Å²) in [6.45, 7) is 6.03. The van der Waals surface area contributed by atoms with Gasteiger partial charge in [0.2, 0.25) is 0 Å². The van der Waals surface area contributed by atoms with Gasteiger partial charge in [0.25, 0.3) is 0 Å². The van der Waals surface area contributed by atoms with Crippen molar-refractivity contribution in [1.29, 1.82) is 0 Å². The van der Waals surface area contributed by atoms with Crippen molar-refractivity contribution in [3.8, 4) is 11.4 Å². The van der Waals surface area contributed by atoms with Crippen LogP contribution in [0.4, 0.5) is 13.2 Å². The van der Waals surface area contributed by atoms with Crippen molar-refractivity contribution in [3.63, 3.8) is 0 Å². The summed E-state index contributed by atoms with van der Waals surface area (Å²) in [4.78, 5) is 14.8. The highest BCUT2D eigenvalue weighted by atomic mass is 19.4. The van der Waals surface area contributed by atoms with E-state index in [1.54, 1.807) is 12.1 Å². The standard InChI is InChI=1S/C19H21F3N2O2/c1-13-11-17(18(25)12-23-9-3-4-10-23)14(2)24(13)15-5-7-16(8-6-15)26-19(20,21)22/h5-8,11H,3-4,9-10,12H2,1-2H3. The minimum Gasteiger partial charge on any atom is -0.406 e. The second-order valence-electron chi connectivity index (χ2n) is 6.57. The van der Waals surface area contributed by atoms with Gasteiger partial charge in [-0.05, 0) is 70.1 Å². The van der Waals surface area contributed by atoms with Crippen LogP contribution in [0.3, 0.4) is 0 Å². The summed E-state index contributed by atoms with van der Waals surface area (Å²) in [5.41, 5.74) is 2.99. The Labute approximate surface area is 150 Å². The molecule has 1 saturated heterocycles. The molecule has 0 saturated carbocycles. The van der Waals surface area contributed by atoms with E-state index in [1.807, 2.05) is 24.5 Å². The van der Waals surface area contributed by atoms with Crippen molar-refractivity contribution >= 4 is 5.78 Å². The van der Waals surface area contributed by atoms with Crippen molar-refractivity contribution in [2.45, 2.75) is 33.1 Å². The van der Waals surface area contributed by atoms with Crippen LogP contribution in [-0.4, -0.2) is 41.2 Å². The van der Waals surface area contributed by atoms with Crippen LogP contribution in [0.5, 0.6) is 5.75 Å². The molecule has 7 heteroatoms. The Kier molecular flexibility index (Phi) is 5.09. The fourth-order valence-electron chi connectivity index (χ4n) is 3.47. The smallest absolute Gasteiger partial charge is 0.406 e. The summed E-state index contributed by atoms with van der Waals surface area (Å²) < 4.78 is 42.6. The Balaban J connectivity index is 1.82. The van der Waals surface area contributed by atoms with E-state index in [4.69, 9.17) is 0 Å². The third kappa shape index (κ3) is 4.09. The third-order valence-corrected chi connectivity index (χ3v) is 4.63. The molecular weight excluding hydrogens is 345 g/mol. The van der Waals surface area contributed by atoms with Gasteiger partial charge < -0.3 is 9.30 Å². The fraction of sp³-hybridized carbons (Fsp3) is 0.421. The van der Waals surface area contributed by atoms with E-state index >= 15 is 0 Å². The topological polar surface area (TPSA) is 34.5 Å². The number of likely N-dealkylation sites (tertiary alicyclic amines) is 1. The van der Waals surface area contributed by atoms with E-state index < -0.39 is 6.36 Å². The van der Waals surface area contributed by atoms with Gasteiger partial charge in [0.1, 0.15) is 5.75 Å². The Morgan fingerprint density at radius 2 is 1.73 bits per heavy atom. The van der Waals surface area contributed by atoms with E-state index in [2.05, 4.69) is 9.64 Å². The Bertz CT molecular complexity index is 788. The average molecular weight is 366 g/mol. The number of alkyl halides is 3. The third-order valence-electron chi connectivity index (χ3n) is 4.63. The van der Waals surface area contributed by atoms with Crippen LogP contribution < -0.4 is 4.74 Å². The zero-order valence-corrected chi connectivity index (χ0v) is 14.8. The second-order valence-corrected chi connectivity index (χ2v) is 6.57. The lowest BCUT2D eigenvalue weighted by Gasteiger charge is -2.14. The molecule has 0 aliphatic carbocycles. The molecule has 1 aromatic heterocycles. The van der Waals surface area contributed by atoms with Crippen LogP contribution in [-0.2, 0) is 0 Å².